The van der Waals surface area contributed by atoms with Crippen molar-refractivity contribution in [2.75, 3.05) is 19.7 Å². The van der Waals surface area contributed by atoms with Crippen molar-refractivity contribution in [2.24, 2.45) is 5.73 Å². The zero-order valence-electron chi connectivity index (χ0n) is 11.7. The predicted molar refractivity (Wildman–Crippen MR) is 77.1 cm³/mol. The predicted octanol–water partition coefficient (Wildman–Crippen LogP) is 2.11. The van der Waals surface area contributed by atoms with Crippen LogP contribution in [0.4, 0.5) is 0 Å². The summed E-state index contributed by atoms with van der Waals surface area (Å²) in [4.78, 5) is 2.51. The zero-order chi connectivity index (χ0) is 13.2. The molecule has 3 atom stereocenters. The lowest BCUT2D eigenvalue weighted by atomic mass is 10.1. The molecule has 3 nitrogen and oxygen atoms in total. The smallest absolute Gasteiger partial charge is 0.0702 e. The molecule has 1 saturated heterocycles. The Hall–Kier alpha value is -0.900. The summed E-state index contributed by atoms with van der Waals surface area (Å²) in [6.45, 7) is 5.24. The van der Waals surface area contributed by atoms with Gasteiger partial charge >= 0.3 is 0 Å². The average Bonchev–Trinajstić information content (AvgIpc) is 3.05. The largest absolute Gasteiger partial charge is 0.377 e. The Morgan fingerprint density at radius 3 is 2.89 bits per heavy atom. The Morgan fingerprint density at radius 2 is 2.21 bits per heavy atom. The van der Waals surface area contributed by atoms with Crippen LogP contribution in [0.25, 0.3) is 0 Å². The highest BCUT2D eigenvalue weighted by Crippen LogP contribution is 2.33. The van der Waals surface area contributed by atoms with Gasteiger partial charge in [-0.05, 0) is 36.9 Å². The third-order valence-corrected chi connectivity index (χ3v) is 4.60. The number of rotatable bonds is 4. The van der Waals surface area contributed by atoms with E-state index in [4.69, 9.17) is 10.5 Å². The van der Waals surface area contributed by atoms with Gasteiger partial charge in [-0.15, -0.1) is 0 Å². The van der Waals surface area contributed by atoms with Crippen molar-refractivity contribution < 1.29 is 4.74 Å². The molecule has 19 heavy (non-hydrogen) atoms. The second-order valence-corrected chi connectivity index (χ2v) is 5.72. The quantitative estimate of drug-likeness (QED) is 0.901. The number of ether oxygens (including phenoxy) is 1. The van der Waals surface area contributed by atoms with E-state index in [0.29, 0.717) is 12.1 Å². The number of fused-ring (bicyclic) bond motifs is 1. The van der Waals surface area contributed by atoms with Crippen molar-refractivity contribution >= 4 is 0 Å². The number of hydrogen-bond donors (Lipinski definition) is 1. The van der Waals surface area contributed by atoms with E-state index in [2.05, 4.69) is 36.1 Å². The van der Waals surface area contributed by atoms with E-state index in [1.54, 1.807) is 0 Å². The molecule has 0 spiro atoms. The van der Waals surface area contributed by atoms with Crippen LogP contribution in [0, 0.1) is 0 Å². The summed E-state index contributed by atoms with van der Waals surface area (Å²) < 4.78 is 5.77. The second kappa shape index (κ2) is 5.61. The number of benzene rings is 1. The molecule has 1 aliphatic carbocycles. The Morgan fingerprint density at radius 1 is 1.37 bits per heavy atom. The molecule has 3 rings (SSSR count). The highest BCUT2D eigenvalue weighted by atomic mass is 16.5. The summed E-state index contributed by atoms with van der Waals surface area (Å²) in [6.07, 6.45) is 3.90. The lowest BCUT2D eigenvalue weighted by molar-refractivity contribution is 0.0561. The van der Waals surface area contributed by atoms with Gasteiger partial charge in [0.2, 0.25) is 0 Å². The number of nitrogens with zero attached hydrogens (tertiary/aromatic N) is 1. The highest BCUT2D eigenvalue weighted by Gasteiger charge is 2.34. The zero-order valence-corrected chi connectivity index (χ0v) is 11.7. The first-order valence-corrected chi connectivity index (χ1v) is 7.48. The molecule has 1 aromatic rings. The average molecular weight is 260 g/mol. The molecule has 0 aromatic heterocycles. The fourth-order valence-corrected chi connectivity index (χ4v) is 3.51. The van der Waals surface area contributed by atoms with E-state index >= 15 is 0 Å². The third-order valence-electron chi connectivity index (χ3n) is 4.60. The van der Waals surface area contributed by atoms with E-state index in [0.717, 1.165) is 26.1 Å². The summed E-state index contributed by atoms with van der Waals surface area (Å²) in [5.41, 5.74) is 9.21. The summed E-state index contributed by atoms with van der Waals surface area (Å²) in [5.74, 6) is 0. The molecule has 0 amide bonds. The third kappa shape index (κ3) is 2.55. The second-order valence-electron chi connectivity index (χ2n) is 5.72. The first kappa shape index (κ1) is 13.1. The van der Waals surface area contributed by atoms with E-state index in [9.17, 15) is 0 Å². The molecule has 3 heteroatoms. The summed E-state index contributed by atoms with van der Waals surface area (Å²) >= 11 is 0. The number of likely N-dealkylation sites (N-methyl/N-ethyl adjacent to an activating group) is 1. The summed E-state index contributed by atoms with van der Waals surface area (Å²) in [7, 11) is 0. The molecule has 0 bridgehead atoms. The van der Waals surface area contributed by atoms with Gasteiger partial charge in [-0.1, -0.05) is 31.2 Å². The van der Waals surface area contributed by atoms with Crippen molar-refractivity contribution in [1.82, 2.24) is 4.90 Å². The standard InChI is InChI=1S/C16H24N2O/c1-2-18(11-13-7-5-9-19-13)15-10-12-6-3-4-8-14(12)16(15)17/h3-4,6,8,13,15-16H,2,5,7,9-11,17H2,1H3. The van der Waals surface area contributed by atoms with Gasteiger partial charge in [-0.3, -0.25) is 4.90 Å². The molecule has 2 N–H and O–H groups in total. The van der Waals surface area contributed by atoms with E-state index in [1.165, 1.54) is 24.0 Å². The van der Waals surface area contributed by atoms with Gasteiger partial charge in [0.25, 0.3) is 0 Å². The first-order chi connectivity index (χ1) is 9.29. The normalized spacial score (nSPS) is 29.9. The van der Waals surface area contributed by atoms with Crippen molar-refractivity contribution in [3.8, 4) is 0 Å². The lowest BCUT2D eigenvalue weighted by Gasteiger charge is -2.32. The molecule has 104 valence electrons. The van der Waals surface area contributed by atoms with Crippen molar-refractivity contribution in [3.05, 3.63) is 35.4 Å². The van der Waals surface area contributed by atoms with Crippen LogP contribution in [0.2, 0.25) is 0 Å². The highest BCUT2D eigenvalue weighted by molar-refractivity contribution is 5.36. The van der Waals surface area contributed by atoms with Crippen LogP contribution < -0.4 is 5.73 Å². The van der Waals surface area contributed by atoms with Crippen LogP contribution in [-0.2, 0) is 11.2 Å². The van der Waals surface area contributed by atoms with Gasteiger partial charge in [0, 0.05) is 25.2 Å². The SMILES string of the molecule is CCN(CC1CCCO1)C1Cc2ccccc2C1N. The Bertz CT molecular complexity index is 429. The van der Waals surface area contributed by atoms with Crippen LogP contribution in [0.5, 0.6) is 0 Å². The number of nitrogens with two attached hydrogens (primary N) is 1. The Kier molecular flexibility index (Phi) is 3.87. The number of hydrogen-bond acceptors (Lipinski definition) is 3. The summed E-state index contributed by atoms with van der Waals surface area (Å²) in [5, 5.41) is 0. The molecule has 1 fully saturated rings. The van der Waals surface area contributed by atoms with Gasteiger partial charge < -0.3 is 10.5 Å². The minimum absolute atomic E-state index is 0.151. The molecular formula is C16H24N2O. The van der Waals surface area contributed by atoms with Crippen molar-refractivity contribution in [3.63, 3.8) is 0 Å². The summed E-state index contributed by atoms with van der Waals surface area (Å²) in [6, 6.07) is 9.20. The van der Waals surface area contributed by atoms with Gasteiger partial charge in [0.1, 0.15) is 0 Å². The molecule has 0 saturated carbocycles. The van der Waals surface area contributed by atoms with Crippen LogP contribution >= 0.6 is 0 Å². The van der Waals surface area contributed by atoms with Gasteiger partial charge in [0.05, 0.1) is 6.10 Å². The molecule has 1 aliphatic heterocycles. The van der Waals surface area contributed by atoms with E-state index < -0.39 is 0 Å². The minimum atomic E-state index is 0.151. The lowest BCUT2D eigenvalue weighted by Crippen LogP contribution is -2.44. The van der Waals surface area contributed by atoms with Gasteiger partial charge in [0.15, 0.2) is 0 Å². The molecular weight excluding hydrogens is 236 g/mol. The van der Waals surface area contributed by atoms with Crippen LogP contribution in [0.15, 0.2) is 24.3 Å². The first-order valence-electron chi connectivity index (χ1n) is 7.48. The van der Waals surface area contributed by atoms with Crippen molar-refractivity contribution in [2.45, 2.75) is 44.4 Å². The maximum Gasteiger partial charge on any atom is 0.0702 e. The van der Waals surface area contributed by atoms with Crippen LogP contribution in [0.3, 0.4) is 0 Å². The Labute approximate surface area is 115 Å². The molecule has 2 aliphatic rings. The molecule has 1 heterocycles. The van der Waals surface area contributed by atoms with Gasteiger partial charge in [-0.25, -0.2) is 0 Å². The molecule has 0 radical (unpaired) electrons. The fraction of sp³-hybridized carbons (Fsp3) is 0.625. The van der Waals surface area contributed by atoms with E-state index in [1.807, 2.05) is 0 Å². The van der Waals surface area contributed by atoms with Crippen LogP contribution in [-0.4, -0.2) is 36.7 Å². The van der Waals surface area contributed by atoms with Crippen LogP contribution in [0.1, 0.15) is 36.9 Å². The maximum absolute atomic E-state index is 6.46. The monoisotopic (exact) mass is 260 g/mol. The maximum atomic E-state index is 6.46. The fourth-order valence-electron chi connectivity index (χ4n) is 3.51. The van der Waals surface area contributed by atoms with Gasteiger partial charge in [-0.2, -0.15) is 0 Å². The molecule has 1 aromatic carbocycles. The molecule has 3 unspecified atom stereocenters. The topological polar surface area (TPSA) is 38.5 Å². The van der Waals surface area contributed by atoms with Crippen molar-refractivity contribution in [1.29, 1.82) is 0 Å². The Balaban J connectivity index is 1.71. The minimum Gasteiger partial charge on any atom is -0.377 e. The van der Waals surface area contributed by atoms with E-state index in [-0.39, 0.29) is 6.04 Å².